The predicted octanol–water partition coefficient (Wildman–Crippen LogP) is 3.80. The highest BCUT2D eigenvalue weighted by Crippen LogP contribution is 2.28. The van der Waals surface area contributed by atoms with Crippen molar-refractivity contribution in [3.63, 3.8) is 0 Å². The number of rotatable bonds is 9. The van der Waals surface area contributed by atoms with Crippen LogP contribution in [-0.2, 0) is 24.8 Å². The van der Waals surface area contributed by atoms with Crippen molar-refractivity contribution in [1.82, 2.24) is 14.4 Å². The molecular weight excluding hydrogens is 364 g/mol. The smallest absolute Gasteiger partial charge is 0.322 e. The summed E-state index contributed by atoms with van der Waals surface area (Å²) in [6.45, 7) is 6.72. The first-order valence-corrected chi connectivity index (χ1v) is 10.2. The normalized spacial score (nSPS) is 13.0. The minimum absolute atomic E-state index is 0.0340. The van der Waals surface area contributed by atoms with Gasteiger partial charge in [-0.25, -0.2) is 4.79 Å². The molecule has 2 aromatic rings. The molecule has 0 atom stereocenters. The third-order valence-corrected chi connectivity index (χ3v) is 5.24. The lowest BCUT2D eigenvalue weighted by Crippen LogP contribution is -2.45. The summed E-state index contributed by atoms with van der Waals surface area (Å²) in [5, 5.41) is 2.91. The average Bonchev–Trinajstić information content (AvgIpc) is 3.47. The minimum Gasteiger partial charge on any atom is -0.353 e. The van der Waals surface area contributed by atoms with Crippen molar-refractivity contribution in [2.75, 3.05) is 18.4 Å². The summed E-state index contributed by atoms with van der Waals surface area (Å²) in [5.41, 5.74) is 2.97. The number of nitrogens with one attached hydrogen (secondary N) is 1. The van der Waals surface area contributed by atoms with Crippen LogP contribution in [0, 0.1) is 0 Å². The topological polar surface area (TPSA) is 57.6 Å². The van der Waals surface area contributed by atoms with Gasteiger partial charge in [-0.3, -0.25) is 4.79 Å². The molecule has 1 saturated carbocycles. The van der Waals surface area contributed by atoms with Gasteiger partial charge in [0.1, 0.15) is 6.54 Å². The molecule has 1 N–H and O–H groups in total. The van der Waals surface area contributed by atoms with E-state index in [4.69, 9.17) is 0 Å². The Bertz CT molecular complexity index is 869. The second kappa shape index (κ2) is 9.45. The fourth-order valence-electron chi connectivity index (χ4n) is 3.34. The van der Waals surface area contributed by atoms with Crippen LogP contribution in [0.1, 0.15) is 31.0 Å². The second-order valence-corrected chi connectivity index (χ2v) is 7.52. The van der Waals surface area contributed by atoms with E-state index in [1.165, 1.54) is 4.90 Å². The summed E-state index contributed by atoms with van der Waals surface area (Å²) in [4.78, 5) is 29.3. The number of hydrogen-bond acceptors (Lipinski definition) is 2. The SMILES string of the molecule is C=CCN(CC(=O)N(Cc1cccn1C)C1CC1)C(=O)Nc1cccc(CC)c1. The van der Waals surface area contributed by atoms with Crippen molar-refractivity contribution in [2.45, 2.75) is 38.8 Å². The van der Waals surface area contributed by atoms with Crippen LogP contribution in [-0.4, -0.2) is 45.4 Å². The van der Waals surface area contributed by atoms with Gasteiger partial charge < -0.3 is 19.7 Å². The number of carbonyl (C=O) groups is 2. The van der Waals surface area contributed by atoms with E-state index in [1.807, 2.05) is 59.1 Å². The molecule has 1 aromatic heterocycles. The average molecular weight is 395 g/mol. The first kappa shape index (κ1) is 20.7. The van der Waals surface area contributed by atoms with E-state index < -0.39 is 0 Å². The molecule has 1 aliphatic carbocycles. The fraction of sp³-hybridized carbons (Fsp3) is 0.391. The zero-order chi connectivity index (χ0) is 20.8. The number of hydrogen-bond donors (Lipinski definition) is 1. The van der Waals surface area contributed by atoms with Crippen molar-refractivity contribution < 1.29 is 9.59 Å². The number of amides is 3. The van der Waals surface area contributed by atoms with Gasteiger partial charge in [0.05, 0.1) is 6.54 Å². The van der Waals surface area contributed by atoms with Gasteiger partial charge in [0.2, 0.25) is 5.91 Å². The molecule has 154 valence electrons. The number of aryl methyl sites for hydroxylation is 2. The number of carbonyl (C=O) groups excluding carboxylic acids is 2. The van der Waals surface area contributed by atoms with Crippen molar-refractivity contribution in [1.29, 1.82) is 0 Å². The Morgan fingerprint density at radius 1 is 1.28 bits per heavy atom. The van der Waals surface area contributed by atoms with Gasteiger partial charge in [-0.2, -0.15) is 0 Å². The minimum atomic E-state index is -0.291. The molecule has 0 aliphatic heterocycles. The van der Waals surface area contributed by atoms with Crippen molar-refractivity contribution in [3.8, 4) is 0 Å². The number of urea groups is 1. The monoisotopic (exact) mass is 394 g/mol. The van der Waals surface area contributed by atoms with Crippen LogP contribution in [0.4, 0.5) is 10.5 Å². The van der Waals surface area contributed by atoms with Crippen LogP contribution < -0.4 is 5.32 Å². The summed E-state index contributed by atoms with van der Waals surface area (Å²) in [6.07, 6.45) is 6.57. The Kier molecular flexibility index (Phi) is 6.75. The molecule has 6 nitrogen and oxygen atoms in total. The molecular formula is C23H30N4O2. The Balaban J connectivity index is 1.67. The van der Waals surface area contributed by atoms with Crippen molar-refractivity contribution >= 4 is 17.6 Å². The van der Waals surface area contributed by atoms with E-state index in [0.717, 1.165) is 36.2 Å². The summed E-state index contributed by atoms with van der Waals surface area (Å²) in [7, 11) is 1.98. The van der Waals surface area contributed by atoms with Gasteiger partial charge in [-0.05, 0) is 49.1 Å². The molecule has 29 heavy (non-hydrogen) atoms. The van der Waals surface area contributed by atoms with Crippen molar-refractivity contribution in [3.05, 3.63) is 66.5 Å². The zero-order valence-electron chi connectivity index (χ0n) is 17.3. The summed E-state index contributed by atoms with van der Waals surface area (Å²) in [5.74, 6) is -0.0343. The highest BCUT2D eigenvalue weighted by Gasteiger charge is 2.34. The lowest BCUT2D eigenvalue weighted by atomic mass is 10.1. The Morgan fingerprint density at radius 2 is 2.07 bits per heavy atom. The molecule has 3 amide bonds. The van der Waals surface area contributed by atoms with E-state index in [2.05, 4.69) is 18.8 Å². The quantitative estimate of drug-likeness (QED) is 0.658. The van der Waals surface area contributed by atoms with Crippen LogP contribution >= 0.6 is 0 Å². The number of aromatic nitrogens is 1. The number of anilines is 1. The third-order valence-electron chi connectivity index (χ3n) is 5.24. The molecule has 3 rings (SSSR count). The van der Waals surface area contributed by atoms with Crippen molar-refractivity contribution in [2.24, 2.45) is 7.05 Å². The summed E-state index contributed by atoms with van der Waals surface area (Å²) in [6, 6.07) is 11.7. The highest BCUT2D eigenvalue weighted by atomic mass is 16.2. The maximum Gasteiger partial charge on any atom is 0.322 e. The molecule has 0 saturated heterocycles. The molecule has 0 bridgehead atoms. The van der Waals surface area contributed by atoms with Crippen LogP contribution in [0.3, 0.4) is 0 Å². The molecule has 6 heteroatoms. The largest absolute Gasteiger partial charge is 0.353 e. The lowest BCUT2D eigenvalue weighted by molar-refractivity contribution is -0.133. The van der Waals surface area contributed by atoms with E-state index in [0.29, 0.717) is 13.1 Å². The predicted molar refractivity (Wildman–Crippen MR) is 116 cm³/mol. The Hall–Kier alpha value is -3.02. The fourth-order valence-corrected chi connectivity index (χ4v) is 3.34. The standard InChI is InChI=1S/C23H30N4O2/c1-4-13-26(23(29)24-19-9-6-8-18(5-2)15-19)17-22(28)27(20-11-12-20)16-21-10-7-14-25(21)3/h4,6-10,14-15,20H,1,5,11-13,16-17H2,2-3H3,(H,24,29). The second-order valence-electron chi connectivity index (χ2n) is 7.52. The van der Waals surface area contributed by atoms with Gasteiger partial charge in [0.25, 0.3) is 0 Å². The number of benzene rings is 1. The van der Waals surface area contributed by atoms with Crippen LogP contribution in [0.2, 0.25) is 0 Å². The summed E-state index contributed by atoms with van der Waals surface area (Å²) < 4.78 is 2.03. The van der Waals surface area contributed by atoms with E-state index in [9.17, 15) is 9.59 Å². The van der Waals surface area contributed by atoms with E-state index >= 15 is 0 Å². The maximum absolute atomic E-state index is 13.1. The van der Waals surface area contributed by atoms with Crippen LogP contribution in [0.15, 0.2) is 55.3 Å². The summed E-state index contributed by atoms with van der Waals surface area (Å²) >= 11 is 0. The third kappa shape index (κ3) is 5.50. The lowest BCUT2D eigenvalue weighted by Gasteiger charge is -2.27. The molecule has 0 unspecified atom stereocenters. The van der Waals surface area contributed by atoms with E-state index in [1.54, 1.807) is 6.08 Å². The van der Waals surface area contributed by atoms with Gasteiger partial charge in [0.15, 0.2) is 0 Å². The van der Waals surface area contributed by atoms with Gasteiger partial charge in [0, 0.05) is 37.2 Å². The zero-order valence-corrected chi connectivity index (χ0v) is 17.3. The molecule has 0 spiro atoms. The molecule has 1 aliphatic rings. The molecule has 1 heterocycles. The van der Waals surface area contributed by atoms with E-state index in [-0.39, 0.29) is 24.5 Å². The molecule has 0 radical (unpaired) electrons. The van der Waals surface area contributed by atoms with Crippen LogP contribution in [0.5, 0.6) is 0 Å². The maximum atomic E-state index is 13.1. The highest BCUT2D eigenvalue weighted by molar-refractivity contribution is 5.92. The van der Waals surface area contributed by atoms with Gasteiger partial charge in [-0.1, -0.05) is 25.1 Å². The van der Waals surface area contributed by atoms with Crippen LogP contribution in [0.25, 0.3) is 0 Å². The molecule has 1 fully saturated rings. The van der Waals surface area contributed by atoms with Gasteiger partial charge in [-0.15, -0.1) is 6.58 Å². The number of nitrogens with zero attached hydrogens (tertiary/aromatic N) is 3. The first-order valence-electron chi connectivity index (χ1n) is 10.2. The van der Waals surface area contributed by atoms with Gasteiger partial charge >= 0.3 is 6.03 Å². The first-order chi connectivity index (χ1) is 14.0. The molecule has 1 aromatic carbocycles. The Morgan fingerprint density at radius 3 is 2.69 bits per heavy atom. The Labute approximate surface area is 172 Å².